The van der Waals surface area contributed by atoms with Gasteiger partial charge in [0.1, 0.15) is 0 Å². The van der Waals surface area contributed by atoms with Crippen LogP contribution < -0.4 is 5.32 Å². The summed E-state index contributed by atoms with van der Waals surface area (Å²) in [6.07, 6.45) is -0.710. The Balaban J connectivity index is 3.05. The third kappa shape index (κ3) is 3.55. The molecule has 0 aliphatic carbocycles. The third-order valence-electron chi connectivity index (χ3n) is 3.77. The summed E-state index contributed by atoms with van der Waals surface area (Å²) >= 11 is 0. The molecule has 1 rings (SSSR count). The van der Waals surface area contributed by atoms with Crippen LogP contribution >= 0.6 is 0 Å². The van der Waals surface area contributed by atoms with Gasteiger partial charge in [0, 0.05) is 6.04 Å². The Bertz CT molecular complexity index is 457. The quantitative estimate of drug-likeness (QED) is 0.762. The highest BCUT2D eigenvalue weighted by Gasteiger charge is 2.22. The number of rotatable bonds is 5. The van der Waals surface area contributed by atoms with Crippen LogP contribution in [0.4, 0.5) is 0 Å². The SMILES string of the molecule is Cc1cc(C)c(C)c(C(O)C(C)NCC(=O)O)c1C. The van der Waals surface area contributed by atoms with Gasteiger partial charge in [0.15, 0.2) is 0 Å². The number of carboxylic acid groups (broad SMARTS) is 1. The van der Waals surface area contributed by atoms with Gasteiger partial charge in [-0.05, 0) is 62.4 Å². The maximum Gasteiger partial charge on any atom is 0.317 e. The lowest BCUT2D eigenvalue weighted by atomic mass is 9.88. The summed E-state index contributed by atoms with van der Waals surface area (Å²) in [5.41, 5.74) is 5.33. The van der Waals surface area contributed by atoms with E-state index < -0.39 is 12.1 Å². The van der Waals surface area contributed by atoms with Crippen molar-refractivity contribution >= 4 is 5.97 Å². The molecule has 0 aromatic heterocycles. The molecular weight excluding hydrogens is 242 g/mol. The van der Waals surface area contributed by atoms with E-state index in [1.54, 1.807) is 6.92 Å². The third-order valence-corrected chi connectivity index (χ3v) is 3.77. The fourth-order valence-electron chi connectivity index (χ4n) is 2.30. The van der Waals surface area contributed by atoms with Crippen molar-refractivity contribution in [1.82, 2.24) is 5.32 Å². The number of aryl methyl sites for hydroxylation is 2. The molecule has 2 atom stereocenters. The molecule has 0 heterocycles. The van der Waals surface area contributed by atoms with E-state index in [9.17, 15) is 9.90 Å². The normalized spacial score (nSPS) is 14.2. The van der Waals surface area contributed by atoms with Gasteiger partial charge in [0.2, 0.25) is 0 Å². The summed E-state index contributed by atoms with van der Waals surface area (Å²) in [4.78, 5) is 10.6. The molecule has 19 heavy (non-hydrogen) atoms. The minimum atomic E-state index is -0.923. The predicted octanol–water partition coefficient (Wildman–Crippen LogP) is 2.02. The first-order chi connectivity index (χ1) is 8.75. The van der Waals surface area contributed by atoms with Gasteiger partial charge < -0.3 is 15.5 Å². The van der Waals surface area contributed by atoms with Gasteiger partial charge in [-0.25, -0.2) is 0 Å². The number of hydrogen-bond acceptors (Lipinski definition) is 3. The highest BCUT2D eigenvalue weighted by molar-refractivity contribution is 5.69. The van der Waals surface area contributed by atoms with Crippen molar-refractivity contribution in [1.29, 1.82) is 0 Å². The second-order valence-corrected chi connectivity index (χ2v) is 5.18. The smallest absolute Gasteiger partial charge is 0.317 e. The number of aliphatic hydroxyl groups excluding tert-OH is 1. The Kier molecular flexibility index (Phi) is 5.09. The fourth-order valence-corrected chi connectivity index (χ4v) is 2.30. The average Bonchev–Trinajstić information content (AvgIpc) is 2.33. The Hall–Kier alpha value is -1.39. The molecule has 4 nitrogen and oxygen atoms in total. The number of aliphatic hydroxyl groups is 1. The maximum absolute atomic E-state index is 10.6. The van der Waals surface area contributed by atoms with Crippen molar-refractivity contribution in [3.63, 3.8) is 0 Å². The van der Waals surface area contributed by atoms with Crippen LogP contribution in [0.15, 0.2) is 6.07 Å². The predicted molar refractivity (Wildman–Crippen MR) is 75.5 cm³/mol. The van der Waals surface area contributed by atoms with E-state index in [-0.39, 0.29) is 12.6 Å². The van der Waals surface area contributed by atoms with Gasteiger partial charge >= 0.3 is 5.97 Å². The molecule has 0 saturated carbocycles. The van der Waals surface area contributed by atoms with Gasteiger partial charge in [0.25, 0.3) is 0 Å². The van der Waals surface area contributed by atoms with Crippen LogP contribution in [0.5, 0.6) is 0 Å². The zero-order valence-corrected chi connectivity index (χ0v) is 12.2. The number of hydrogen-bond donors (Lipinski definition) is 3. The van der Waals surface area contributed by atoms with E-state index in [2.05, 4.69) is 11.4 Å². The van der Waals surface area contributed by atoms with Crippen LogP contribution in [0.1, 0.15) is 40.8 Å². The van der Waals surface area contributed by atoms with Crippen LogP contribution in [0.2, 0.25) is 0 Å². The molecular formula is C15H23NO3. The van der Waals surface area contributed by atoms with Crippen molar-refractivity contribution in [2.24, 2.45) is 0 Å². The van der Waals surface area contributed by atoms with Crippen LogP contribution in [-0.2, 0) is 4.79 Å². The number of benzene rings is 1. The zero-order chi connectivity index (χ0) is 14.7. The Morgan fingerprint density at radius 1 is 1.21 bits per heavy atom. The van der Waals surface area contributed by atoms with Gasteiger partial charge in [-0.15, -0.1) is 0 Å². The van der Waals surface area contributed by atoms with E-state index >= 15 is 0 Å². The highest BCUT2D eigenvalue weighted by atomic mass is 16.4. The molecule has 0 spiro atoms. The summed E-state index contributed by atoms with van der Waals surface area (Å²) in [6, 6.07) is 1.80. The fraction of sp³-hybridized carbons (Fsp3) is 0.533. The van der Waals surface area contributed by atoms with Crippen molar-refractivity contribution in [2.45, 2.75) is 46.8 Å². The molecule has 106 valence electrons. The molecule has 2 unspecified atom stereocenters. The molecule has 1 aromatic carbocycles. The van der Waals surface area contributed by atoms with E-state index in [1.807, 2.05) is 27.7 Å². The molecule has 0 radical (unpaired) electrons. The minimum Gasteiger partial charge on any atom is -0.480 e. The van der Waals surface area contributed by atoms with E-state index in [0.29, 0.717) is 0 Å². The molecule has 1 aromatic rings. The molecule has 0 fully saturated rings. The number of carbonyl (C=O) groups is 1. The minimum absolute atomic E-state index is 0.152. The number of aliphatic carboxylic acids is 1. The van der Waals surface area contributed by atoms with E-state index in [1.165, 1.54) is 0 Å². The van der Waals surface area contributed by atoms with E-state index in [0.717, 1.165) is 27.8 Å². The summed E-state index contributed by atoms with van der Waals surface area (Å²) in [7, 11) is 0. The number of nitrogens with one attached hydrogen (secondary N) is 1. The maximum atomic E-state index is 10.6. The first-order valence-corrected chi connectivity index (χ1v) is 6.46. The average molecular weight is 265 g/mol. The monoisotopic (exact) mass is 265 g/mol. The van der Waals surface area contributed by atoms with Crippen LogP contribution in [0.25, 0.3) is 0 Å². The first-order valence-electron chi connectivity index (χ1n) is 6.46. The molecule has 0 aliphatic heterocycles. The topological polar surface area (TPSA) is 69.6 Å². The van der Waals surface area contributed by atoms with Gasteiger partial charge in [-0.2, -0.15) is 0 Å². The molecule has 4 heteroatoms. The van der Waals surface area contributed by atoms with Crippen LogP contribution in [0.3, 0.4) is 0 Å². The molecule has 0 saturated heterocycles. The summed E-state index contributed by atoms with van der Waals surface area (Å²) in [5, 5.41) is 21.9. The Labute approximate surface area is 114 Å². The number of carboxylic acids is 1. The summed E-state index contributed by atoms with van der Waals surface area (Å²) in [5.74, 6) is -0.923. The molecule has 0 aliphatic rings. The molecule has 0 amide bonds. The summed E-state index contributed by atoms with van der Waals surface area (Å²) < 4.78 is 0. The lowest BCUT2D eigenvalue weighted by Crippen LogP contribution is -2.36. The highest BCUT2D eigenvalue weighted by Crippen LogP contribution is 2.29. The Morgan fingerprint density at radius 3 is 2.11 bits per heavy atom. The first kappa shape index (κ1) is 15.7. The standard InChI is InChI=1S/C15H23NO3/c1-8-6-9(2)11(4)14(10(8)3)15(19)12(5)16-7-13(17)18/h6,12,15-16,19H,7H2,1-5H3,(H,17,18). The van der Waals surface area contributed by atoms with Gasteiger partial charge in [-0.1, -0.05) is 6.07 Å². The second-order valence-electron chi connectivity index (χ2n) is 5.18. The Morgan fingerprint density at radius 2 is 1.68 bits per heavy atom. The van der Waals surface area contributed by atoms with Crippen molar-refractivity contribution in [3.05, 3.63) is 33.9 Å². The summed E-state index contributed by atoms with van der Waals surface area (Å²) in [6.45, 7) is 9.67. The zero-order valence-electron chi connectivity index (χ0n) is 12.2. The van der Waals surface area contributed by atoms with Crippen LogP contribution in [0, 0.1) is 27.7 Å². The van der Waals surface area contributed by atoms with Crippen molar-refractivity contribution < 1.29 is 15.0 Å². The van der Waals surface area contributed by atoms with Crippen molar-refractivity contribution in [3.8, 4) is 0 Å². The second kappa shape index (κ2) is 6.17. The lowest BCUT2D eigenvalue weighted by molar-refractivity contribution is -0.136. The molecule has 3 N–H and O–H groups in total. The lowest BCUT2D eigenvalue weighted by Gasteiger charge is -2.25. The van der Waals surface area contributed by atoms with Crippen molar-refractivity contribution in [2.75, 3.05) is 6.54 Å². The molecule has 0 bridgehead atoms. The van der Waals surface area contributed by atoms with Gasteiger partial charge in [-0.3, -0.25) is 4.79 Å². The van der Waals surface area contributed by atoms with Crippen LogP contribution in [-0.4, -0.2) is 28.8 Å². The van der Waals surface area contributed by atoms with E-state index in [4.69, 9.17) is 5.11 Å². The largest absolute Gasteiger partial charge is 0.480 e. The van der Waals surface area contributed by atoms with Gasteiger partial charge in [0.05, 0.1) is 12.6 Å².